The summed E-state index contributed by atoms with van der Waals surface area (Å²) in [7, 11) is 0. The molecule has 3 N–H and O–H groups in total. The van der Waals surface area contributed by atoms with Crippen molar-refractivity contribution in [1.29, 1.82) is 0 Å². The number of urea groups is 1. The number of alkyl halides is 4. The van der Waals surface area contributed by atoms with E-state index in [9.17, 15) is 22.4 Å². The van der Waals surface area contributed by atoms with Gasteiger partial charge in [0.25, 0.3) is 5.89 Å². The maximum Gasteiger partial charge on any atom is 0.393 e. The van der Waals surface area contributed by atoms with Crippen LogP contribution in [0.15, 0.2) is 41.1 Å². The molecule has 2 amide bonds. The summed E-state index contributed by atoms with van der Waals surface area (Å²) in [5.74, 6) is 0.362. The van der Waals surface area contributed by atoms with Gasteiger partial charge in [-0.2, -0.15) is 23.3 Å². The molecule has 0 radical (unpaired) electrons. The Bertz CT molecular complexity index is 1490. The quantitative estimate of drug-likeness (QED) is 0.299. The van der Waals surface area contributed by atoms with Crippen molar-refractivity contribution >= 4 is 39.0 Å². The van der Waals surface area contributed by atoms with Crippen LogP contribution in [0.3, 0.4) is 0 Å². The lowest BCUT2D eigenvalue weighted by Crippen LogP contribution is -2.45. The smallest absolute Gasteiger partial charge is 0.378 e. The summed E-state index contributed by atoms with van der Waals surface area (Å²) in [5.41, 5.74) is 0.561. The van der Waals surface area contributed by atoms with Gasteiger partial charge in [0.05, 0.1) is 34.3 Å². The Morgan fingerprint density at radius 1 is 1.23 bits per heavy atom. The average Bonchev–Trinajstić information content (AvgIpc) is 3.63. The lowest BCUT2D eigenvalue weighted by Gasteiger charge is -2.28. The highest BCUT2D eigenvalue weighted by molar-refractivity contribution is 7.23. The number of aromatic nitrogens is 4. The maximum absolute atomic E-state index is 14.5. The number of carbonyl (C=O) groups is 1. The molecule has 5 heterocycles. The van der Waals surface area contributed by atoms with E-state index < -0.39 is 36.9 Å². The second-order valence-corrected chi connectivity index (χ2v) is 10.3. The molecular weight excluding hydrogens is 540 g/mol. The molecule has 4 aromatic rings. The lowest BCUT2D eigenvalue weighted by molar-refractivity contribution is -0.126. The molecule has 1 unspecified atom stereocenters. The largest absolute Gasteiger partial charge is 0.393 e. The molecule has 3 aromatic heterocycles. The number of carbonyl (C=O) groups excluding carboxylic acids is 1. The summed E-state index contributed by atoms with van der Waals surface area (Å²) in [5, 5.41) is 20.9. The van der Waals surface area contributed by atoms with Gasteiger partial charge in [-0.3, -0.25) is 4.90 Å². The van der Waals surface area contributed by atoms with E-state index in [-0.39, 0.29) is 35.2 Å². The summed E-state index contributed by atoms with van der Waals surface area (Å²) in [6, 6.07) is 6.63. The highest BCUT2D eigenvalue weighted by Gasteiger charge is 2.37. The van der Waals surface area contributed by atoms with Crippen LogP contribution in [-0.4, -0.2) is 64.4 Å². The standard InChI is InChI=1S/C24H22F4N8O2S/c25-14-10-29-8-6-15(14)31-16-4-1-3-12-13(9-24(26,27)28)20(39-19(12)16)21-33-22(38-35-21)17-11-36(23(37)32-17)18-5-2-7-30-34-18/h1-5,7,14-15,17,29,31H,6,8-11H2,(H,32,37)/t14-,15+,17?/m0/s1. The number of fused-ring (bicyclic) bond motifs is 1. The zero-order valence-electron chi connectivity index (χ0n) is 20.2. The van der Waals surface area contributed by atoms with Crippen molar-refractivity contribution in [3.05, 3.63) is 48.0 Å². The molecule has 2 aliphatic rings. The van der Waals surface area contributed by atoms with E-state index in [4.69, 9.17) is 4.52 Å². The molecule has 39 heavy (non-hydrogen) atoms. The average molecular weight is 563 g/mol. The second-order valence-electron chi connectivity index (χ2n) is 9.29. The van der Waals surface area contributed by atoms with Gasteiger partial charge in [-0.05, 0) is 42.1 Å². The minimum atomic E-state index is -4.49. The molecule has 2 fully saturated rings. The van der Waals surface area contributed by atoms with Gasteiger partial charge in [-0.25, -0.2) is 9.18 Å². The van der Waals surface area contributed by atoms with Crippen molar-refractivity contribution < 1.29 is 26.9 Å². The van der Waals surface area contributed by atoms with Gasteiger partial charge in [0.2, 0.25) is 5.82 Å². The van der Waals surface area contributed by atoms with E-state index in [1.807, 2.05) is 0 Å². The Kier molecular flexibility index (Phi) is 6.54. The zero-order chi connectivity index (χ0) is 27.1. The van der Waals surface area contributed by atoms with Crippen molar-refractivity contribution in [2.24, 2.45) is 0 Å². The maximum atomic E-state index is 14.5. The van der Waals surface area contributed by atoms with Crippen molar-refractivity contribution in [2.75, 3.05) is 29.9 Å². The third-order valence-corrected chi connectivity index (χ3v) is 7.91. The number of nitrogens with zero attached hydrogens (tertiary/aromatic N) is 5. The van der Waals surface area contributed by atoms with Crippen LogP contribution in [-0.2, 0) is 6.42 Å². The van der Waals surface area contributed by atoms with E-state index in [1.165, 1.54) is 11.1 Å². The molecule has 0 aliphatic carbocycles. The predicted molar refractivity (Wildman–Crippen MR) is 135 cm³/mol. The number of rotatable bonds is 6. The number of hydrogen-bond donors (Lipinski definition) is 3. The van der Waals surface area contributed by atoms with Gasteiger partial charge < -0.3 is 20.5 Å². The first kappa shape index (κ1) is 25.4. The van der Waals surface area contributed by atoms with Crippen molar-refractivity contribution in [3.8, 4) is 10.7 Å². The van der Waals surface area contributed by atoms with Gasteiger partial charge in [0.15, 0.2) is 5.82 Å². The molecule has 1 aromatic carbocycles. The van der Waals surface area contributed by atoms with E-state index >= 15 is 0 Å². The molecule has 2 aliphatic heterocycles. The predicted octanol–water partition coefficient (Wildman–Crippen LogP) is 4.23. The Balaban J connectivity index is 1.34. The molecule has 15 heteroatoms. The van der Waals surface area contributed by atoms with Crippen LogP contribution in [0.4, 0.5) is 33.9 Å². The zero-order valence-corrected chi connectivity index (χ0v) is 21.0. The molecule has 10 nitrogen and oxygen atoms in total. The number of amides is 2. The number of nitrogens with one attached hydrogen (secondary N) is 3. The molecule has 2 saturated heterocycles. The number of anilines is 2. The Morgan fingerprint density at radius 2 is 2.10 bits per heavy atom. The minimum Gasteiger partial charge on any atom is -0.378 e. The first-order chi connectivity index (χ1) is 18.8. The van der Waals surface area contributed by atoms with Crippen LogP contribution in [0.5, 0.6) is 0 Å². The normalized spacial score (nSPS) is 21.9. The van der Waals surface area contributed by atoms with Gasteiger partial charge in [-0.15, -0.1) is 16.4 Å². The molecular formula is C24H22F4N8O2S. The van der Waals surface area contributed by atoms with Crippen LogP contribution < -0.4 is 20.9 Å². The van der Waals surface area contributed by atoms with Crippen LogP contribution >= 0.6 is 11.3 Å². The third-order valence-electron chi connectivity index (χ3n) is 6.63. The summed E-state index contributed by atoms with van der Waals surface area (Å²) in [6.07, 6.45) is -4.81. The first-order valence-electron chi connectivity index (χ1n) is 12.2. The summed E-state index contributed by atoms with van der Waals surface area (Å²) in [4.78, 5) is 18.4. The number of hydrogen-bond acceptors (Lipinski definition) is 9. The number of halogens is 4. The van der Waals surface area contributed by atoms with Gasteiger partial charge >= 0.3 is 12.2 Å². The van der Waals surface area contributed by atoms with Crippen LogP contribution in [0.1, 0.15) is 23.9 Å². The topological polar surface area (TPSA) is 121 Å². The van der Waals surface area contributed by atoms with Gasteiger partial charge in [0, 0.05) is 12.7 Å². The third kappa shape index (κ3) is 5.11. The Labute approximate surface area is 222 Å². The number of piperidine rings is 1. The van der Waals surface area contributed by atoms with Crippen molar-refractivity contribution in [2.45, 2.75) is 37.3 Å². The SMILES string of the molecule is O=C1NC(c2nc(-c3sc4c(N[C@@H]5CCNC[C@@H]5F)cccc4c3CC(F)(F)F)no2)CN1c1cccnn1. The fourth-order valence-electron chi connectivity index (χ4n) is 4.81. The molecule has 0 saturated carbocycles. The summed E-state index contributed by atoms with van der Waals surface area (Å²) in [6.45, 7) is 0.969. The Morgan fingerprint density at radius 3 is 2.87 bits per heavy atom. The van der Waals surface area contributed by atoms with E-state index in [0.29, 0.717) is 34.6 Å². The van der Waals surface area contributed by atoms with E-state index in [0.717, 1.165) is 11.3 Å². The van der Waals surface area contributed by atoms with E-state index in [2.05, 4.69) is 36.3 Å². The molecule has 3 atom stereocenters. The molecule has 6 rings (SSSR count). The number of thiophene rings is 1. The van der Waals surface area contributed by atoms with Crippen LogP contribution in [0.2, 0.25) is 0 Å². The van der Waals surface area contributed by atoms with E-state index in [1.54, 1.807) is 30.3 Å². The highest BCUT2D eigenvalue weighted by atomic mass is 32.1. The Hall–Kier alpha value is -3.85. The van der Waals surface area contributed by atoms with Crippen molar-refractivity contribution in [1.82, 2.24) is 31.0 Å². The summed E-state index contributed by atoms with van der Waals surface area (Å²) < 4.78 is 61.4. The van der Waals surface area contributed by atoms with Crippen LogP contribution in [0.25, 0.3) is 20.8 Å². The van der Waals surface area contributed by atoms with Gasteiger partial charge in [-0.1, -0.05) is 17.3 Å². The van der Waals surface area contributed by atoms with Crippen molar-refractivity contribution in [3.63, 3.8) is 0 Å². The summed E-state index contributed by atoms with van der Waals surface area (Å²) >= 11 is 1.09. The first-order valence-corrected chi connectivity index (χ1v) is 13.0. The highest BCUT2D eigenvalue weighted by Crippen LogP contribution is 2.44. The monoisotopic (exact) mass is 562 g/mol. The van der Waals surface area contributed by atoms with Gasteiger partial charge in [0.1, 0.15) is 12.2 Å². The molecule has 0 bridgehead atoms. The minimum absolute atomic E-state index is 0.0113. The fraction of sp³-hybridized carbons (Fsp3) is 0.375. The van der Waals surface area contributed by atoms with Crippen LogP contribution in [0, 0.1) is 0 Å². The lowest BCUT2D eigenvalue weighted by atomic mass is 10.0. The second kappa shape index (κ2) is 10.0. The number of benzene rings is 1. The fourth-order valence-corrected chi connectivity index (χ4v) is 6.03. The molecule has 0 spiro atoms. The molecule has 204 valence electrons.